The van der Waals surface area contributed by atoms with Crippen LogP contribution in [0.4, 0.5) is 0 Å². The summed E-state index contributed by atoms with van der Waals surface area (Å²) in [4.78, 5) is 19.2. The SMILES string of the molecule is COc1ccc(C(=O)N2Cc3ccccc3C2)cc1-c1ccccn1. The van der Waals surface area contributed by atoms with Crippen LogP contribution in [-0.4, -0.2) is 22.9 Å². The van der Waals surface area contributed by atoms with Crippen molar-refractivity contribution in [2.75, 3.05) is 7.11 Å². The van der Waals surface area contributed by atoms with E-state index in [1.165, 1.54) is 11.1 Å². The van der Waals surface area contributed by atoms with Crippen molar-refractivity contribution in [3.05, 3.63) is 83.6 Å². The van der Waals surface area contributed by atoms with E-state index in [-0.39, 0.29) is 5.91 Å². The Kier molecular flexibility index (Phi) is 3.94. The van der Waals surface area contributed by atoms with E-state index in [0.29, 0.717) is 24.4 Å². The monoisotopic (exact) mass is 330 g/mol. The lowest BCUT2D eigenvalue weighted by molar-refractivity contribution is 0.0751. The van der Waals surface area contributed by atoms with Crippen molar-refractivity contribution in [2.45, 2.75) is 13.1 Å². The third-order valence-corrected chi connectivity index (χ3v) is 4.52. The molecule has 0 saturated heterocycles. The first-order valence-electron chi connectivity index (χ1n) is 8.22. The van der Waals surface area contributed by atoms with Gasteiger partial charge in [-0.3, -0.25) is 9.78 Å². The Hall–Kier alpha value is -3.14. The molecule has 1 amide bonds. The van der Waals surface area contributed by atoms with Gasteiger partial charge in [0.05, 0.1) is 12.8 Å². The number of aromatic nitrogens is 1. The Morgan fingerprint density at radius 3 is 2.36 bits per heavy atom. The largest absolute Gasteiger partial charge is 0.496 e. The van der Waals surface area contributed by atoms with Crippen LogP contribution in [0.15, 0.2) is 66.9 Å². The van der Waals surface area contributed by atoms with Crippen LogP contribution in [0.1, 0.15) is 21.5 Å². The van der Waals surface area contributed by atoms with Crippen molar-refractivity contribution in [3.63, 3.8) is 0 Å². The maximum absolute atomic E-state index is 13.0. The van der Waals surface area contributed by atoms with Crippen molar-refractivity contribution >= 4 is 5.91 Å². The molecule has 0 radical (unpaired) electrons. The molecule has 4 nitrogen and oxygen atoms in total. The fourth-order valence-corrected chi connectivity index (χ4v) is 3.22. The molecular weight excluding hydrogens is 312 g/mol. The summed E-state index contributed by atoms with van der Waals surface area (Å²) >= 11 is 0. The second-order valence-electron chi connectivity index (χ2n) is 6.06. The van der Waals surface area contributed by atoms with Gasteiger partial charge in [-0.15, -0.1) is 0 Å². The van der Waals surface area contributed by atoms with Gasteiger partial charge in [0.25, 0.3) is 5.91 Å². The van der Waals surface area contributed by atoms with Crippen LogP contribution >= 0.6 is 0 Å². The number of pyridine rings is 1. The molecule has 2 aromatic carbocycles. The maximum Gasteiger partial charge on any atom is 0.254 e. The highest BCUT2D eigenvalue weighted by molar-refractivity contribution is 5.96. The summed E-state index contributed by atoms with van der Waals surface area (Å²) in [5, 5.41) is 0. The van der Waals surface area contributed by atoms with Crippen molar-refractivity contribution in [2.24, 2.45) is 0 Å². The van der Waals surface area contributed by atoms with Gasteiger partial charge in [-0.1, -0.05) is 30.3 Å². The number of rotatable bonds is 3. The van der Waals surface area contributed by atoms with Gasteiger partial charge in [0, 0.05) is 30.4 Å². The fraction of sp³-hybridized carbons (Fsp3) is 0.143. The minimum absolute atomic E-state index is 0.0241. The topological polar surface area (TPSA) is 42.4 Å². The zero-order chi connectivity index (χ0) is 17.2. The van der Waals surface area contributed by atoms with E-state index in [9.17, 15) is 4.79 Å². The smallest absolute Gasteiger partial charge is 0.254 e. The lowest BCUT2D eigenvalue weighted by Gasteiger charge is -2.17. The molecule has 0 aliphatic carbocycles. The minimum atomic E-state index is 0.0241. The van der Waals surface area contributed by atoms with Gasteiger partial charge in [0.15, 0.2) is 0 Å². The molecule has 1 aliphatic heterocycles. The Labute approximate surface area is 146 Å². The highest BCUT2D eigenvalue weighted by Gasteiger charge is 2.24. The molecule has 0 saturated carbocycles. The predicted molar refractivity (Wildman–Crippen MR) is 96.2 cm³/mol. The van der Waals surface area contributed by atoms with E-state index in [2.05, 4.69) is 17.1 Å². The lowest BCUT2D eigenvalue weighted by Crippen LogP contribution is -2.25. The molecule has 0 fully saturated rings. The average molecular weight is 330 g/mol. The second kappa shape index (κ2) is 6.40. The molecule has 1 aliphatic rings. The summed E-state index contributed by atoms with van der Waals surface area (Å²) < 4.78 is 5.45. The molecule has 0 atom stereocenters. The maximum atomic E-state index is 13.0. The molecule has 0 bridgehead atoms. The number of benzene rings is 2. The first-order chi connectivity index (χ1) is 12.3. The summed E-state index contributed by atoms with van der Waals surface area (Å²) in [6.45, 7) is 1.31. The Bertz CT molecular complexity index is 897. The van der Waals surface area contributed by atoms with E-state index in [1.807, 2.05) is 53.4 Å². The van der Waals surface area contributed by atoms with Gasteiger partial charge in [-0.2, -0.15) is 0 Å². The van der Waals surface area contributed by atoms with Gasteiger partial charge < -0.3 is 9.64 Å². The second-order valence-corrected chi connectivity index (χ2v) is 6.06. The molecule has 0 unspecified atom stereocenters. The van der Waals surface area contributed by atoms with E-state index in [4.69, 9.17) is 4.74 Å². The van der Waals surface area contributed by atoms with Crippen LogP contribution in [0.25, 0.3) is 11.3 Å². The first kappa shape index (κ1) is 15.4. The summed E-state index contributed by atoms with van der Waals surface area (Å²) in [5.74, 6) is 0.732. The summed E-state index contributed by atoms with van der Waals surface area (Å²) in [6.07, 6.45) is 1.74. The third-order valence-electron chi connectivity index (χ3n) is 4.52. The van der Waals surface area contributed by atoms with Gasteiger partial charge in [-0.05, 0) is 41.5 Å². The van der Waals surface area contributed by atoms with E-state index in [1.54, 1.807) is 13.3 Å². The molecule has 0 N–H and O–H groups in total. The van der Waals surface area contributed by atoms with E-state index < -0.39 is 0 Å². The van der Waals surface area contributed by atoms with E-state index >= 15 is 0 Å². The Balaban J connectivity index is 1.66. The molecule has 4 heteroatoms. The minimum Gasteiger partial charge on any atom is -0.496 e. The lowest BCUT2D eigenvalue weighted by atomic mass is 10.1. The average Bonchev–Trinajstić information content (AvgIpc) is 3.12. The van der Waals surface area contributed by atoms with Crippen LogP contribution < -0.4 is 4.74 Å². The fourth-order valence-electron chi connectivity index (χ4n) is 3.22. The van der Waals surface area contributed by atoms with Crippen molar-refractivity contribution in [3.8, 4) is 17.0 Å². The zero-order valence-electron chi connectivity index (χ0n) is 14.0. The van der Waals surface area contributed by atoms with Crippen LogP contribution in [0.2, 0.25) is 0 Å². The molecule has 1 aromatic heterocycles. The van der Waals surface area contributed by atoms with Gasteiger partial charge in [0.1, 0.15) is 5.75 Å². The van der Waals surface area contributed by atoms with Crippen molar-refractivity contribution < 1.29 is 9.53 Å². The molecule has 2 heterocycles. The highest BCUT2D eigenvalue weighted by atomic mass is 16.5. The van der Waals surface area contributed by atoms with Gasteiger partial charge >= 0.3 is 0 Å². The number of ether oxygens (including phenoxy) is 1. The number of nitrogens with zero attached hydrogens (tertiary/aromatic N) is 2. The predicted octanol–water partition coefficient (Wildman–Crippen LogP) is 3.91. The Morgan fingerprint density at radius 1 is 1.00 bits per heavy atom. The highest BCUT2D eigenvalue weighted by Crippen LogP contribution is 2.31. The number of fused-ring (bicyclic) bond motifs is 1. The number of carbonyl (C=O) groups excluding carboxylic acids is 1. The molecule has 4 rings (SSSR count). The third kappa shape index (κ3) is 2.87. The standard InChI is InChI=1S/C21H18N2O2/c1-25-20-10-9-15(12-18(20)19-8-4-5-11-22-19)21(24)23-13-16-6-2-3-7-17(16)14-23/h2-12H,13-14H2,1H3. The molecular formula is C21H18N2O2. The molecule has 25 heavy (non-hydrogen) atoms. The van der Waals surface area contributed by atoms with E-state index in [0.717, 1.165) is 11.3 Å². The first-order valence-corrected chi connectivity index (χ1v) is 8.22. The van der Waals surface area contributed by atoms with Crippen LogP contribution in [0, 0.1) is 0 Å². The number of carbonyl (C=O) groups is 1. The van der Waals surface area contributed by atoms with Crippen LogP contribution in [0.5, 0.6) is 5.75 Å². The zero-order valence-corrected chi connectivity index (χ0v) is 14.0. The van der Waals surface area contributed by atoms with Crippen LogP contribution in [-0.2, 0) is 13.1 Å². The number of amides is 1. The van der Waals surface area contributed by atoms with Gasteiger partial charge in [-0.25, -0.2) is 0 Å². The van der Waals surface area contributed by atoms with Crippen LogP contribution in [0.3, 0.4) is 0 Å². The summed E-state index contributed by atoms with van der Waals surface area (Å²) in [6, 6.07) is 19.4. The van der Waals surface area contributed by atoms with Crippen molar-refractivity contribution in [1.29, 1.82) is 0 Å². The Morgan fingerprint density at radius 2 is 1.72 bits per heavy atom. The summed E-state index contributed by atoms with van der Waals surface area (Å²) in [7, 11) is 1.63. The molecule has 3 aromatic rings. The van der Waals surface area contributed by atoms with Crippen molar-refractivity contribution in [1.82, 2.24) is 9.88 Å². The number of hydrogen-bond donors (Lipinski definition) is 0. The number of hydrogen-bond acceptors (Lipinski definition) is 3. The quantitative estimate of drug-likeness (QED) is 0.731. The normalized spacial score (nSPS) is 12.8. The molecule has 0 spiro atoms. The molecule has 124 valence electrons. The summed E-state index contributed by atoms with van der Waals surface area (Å²) in [5.41, 5.74) is 4.70. The number of methoxy groups -OCH3 is 1. The van der Waals surface area contributed by atoms with Gasteiger partial charge in [0.2, 0.25) is 0 Å².